The Kier molecular flexibility index (Phi) is 2.15. The summed E-state index contributed by atoms with van der Waals surface area (Å²) in [4.78, 5) is 15.6. The zero-order valence-corrected chi connectivity index (χ0v) is 8.85. The number of nitrogens with zero attached hydrogens (tertiary/aromatic N) is 5. The first kappa shape index (κ1) is 10.2. The third-order valence-corrected chi connectivity index (χ3v) is 2.21. The monoisotopic (exact) mass is 246 g/mol. The molecule has 0 atom stereocenters. The van der Waals surface area contributed by atoms with E-state index in [1.54, 1.807) is 18.2 Å². The van der Waals surface area contributed by atoms with Gasteiger partial charge in [-0.1, -0.05) is 11.2 Å². The van der Waals surface area contributed by atoms with Crippen molar-refractivity contribution in [1.82, 2.24) is 25.0 Å². The molecule has 0 aliphatic rings. The zero-order chi connectivity index (χ0) is 12.5. The molecule has 9 nitrogen and oxygen atoms in total. The van der Waals surface area contributed by atoms with Crippen molar-refractivity contribution in [2.24, 2.45) is 0 Å². The van der Waals surface area contributed by atoms with Gasteiger partial charge >= 0.3 is 5.76 Å². The molecule has 18 heavy (non-hydrogen) atoms. The molecule has 0 spiro atoms. The highest BCUT2D eigenvalue weighted by Crippen LogP contribution is 2.20. The fraction of sp³-hybridized carbons (Fsp3) is 0. The molecule has 2 N–H and O–H groups in total. The molecular weight excluding hydrogens is 240 g/mol. The lowest BCUT2D eigenvalue weighted by atomic mass is 10.4. The molecule has 0 aromatic carbocycles. The quantitative estimate of drug-likeness (QED) is 0.661. The predicted octanol–water partition coefficient (Wildman–Crippen LogP) is -0.147. The fourth-order valence-electron chi connectivity index (χ4n) is 1.44. The maximum absolute atomic E-state index is 11.6. The minimum atomic E-state index is -0.703. The number of pyridine rings is 1. The number of nitrogens with two attached hydrogens (primary N) is 1. The largest absolute Gasteiger partial charge is 0.447 e. The van der Waals surface area contributed by atoms with Gasteiger partial charge in [-0.05, 0) is 22.4 Å². The highest BCUT2D eigenvalue weighted by molar-refractivity contribution is 5.63. The van der Waals surface area contributed by atoms with Crippen LogP contribution in [0.4, 0.5) is 5.82 Å². The molecule has 0 saturated heterocycles. The summed E-state index contributed by atoms with van der Waals surface area (Å²) in [6.45, 7) is 0. The molecule has 0 radical (unpaired) electrons. The van der Waals surface area contributed by atoms with Crippen LogP contribution in [-0.4, -0.2) is 25.0 Å². The van der Waals surface area contributed by atoms with Crippen LogP contribution in [0.5, 0.6) is 0 Å². The maximum Gasteiger partial charge on any atom is 0.447 e. The molecule has 0 fully saturated rings. The number of hydrogen-bond donors (Lipinski definition) is 1. The van der Waals surface area contributed by atoms with Gasteiger partial charge in [0.25, 0.3) is 0 Å². The van der Waals surface area contributed by atoms with E-state index in [1.807, 2.05) is 0 Å². The molecule has 90 valence electrons. The smallest absolute Gasteiger partial charge is 0.379 e. The summed E-state index contributed by atoms with van der Waals surface area (Å²) in [6, 6.07) is 5.05. The van der Waals surface area contributed by atoms with Gasteiger partial charge < -0.3 is 5.73 Å². The first-order valence-electron chi connectivity index (χ1n) is 4.86. The van der Waals surface area contributed by atoms with Crippen molar-refractivity contribution < 1.29 is 9.15 Å². The predicted molar refractivity (Wildman–Crippen MR) is 57.6 cm³/mol. The summed E-state index contributed by atoms with van der Waals surface area (Å²) < 4.78 is 10.2. The molecule has 3 aromatic rings. The molecule has 9 heteroatoms. The first-order valence-corrected chi connectivity index (χ1v) is 4.86. The molecule has 0 aliphatic carbocycles. The Balaban J connectivity index is 2.26. The van der Waals surface area contributed by atoms with E-state index in [4.69, 9.17) is 5.73 Å². The Morgan fingerprint density at radius 2 is 2.11 bits per heavy atom. The molecule has 0 amide bonds. The van der Waals surface area contributed by atoms with Crippen LogP contribution in [0.15, 0.2) is 38.3 Å². The second-order valence-electron chi connectivity index (χ2n) is 3.29. The highest BCUT2D eigenvalue weighted by Gasteiger charge is 2.21. The SMILES string of the molecule is Nc1nonc1-c1noc(=O)n1-c1ccccn1. The van der Waals surface area contributed by atoms with Crippen LogP contribution in [0.3, 0.4) is 0 Å². The molecule has 0 saturated carbocycles. The Hall–Kier alpha value is -2.97. The van der Waals surface area contributed by atoms with Crippen LogP contribution in [0, 0.1) is 0 Å². The Morgan fingerprint density at radius 1 is 1.22 bits per heavy atom. The molecular formula is C9H6N6O3. The standard InChI is InChI=1S/C9H6N6O3/c10-7-6(12-18-13-7)8-14-17-9(16)15(8)5-3-1-2-4-11-5/h1-4H,(H2,10,13). The molecule has 3 heterocycles. The number of anilines is 1. The molecule has 0 unspecified atom stereocenters. The van der Waals surface area contributed by atoms with Gasteiger partial charge in [0.1, 0.15) is 5.82 Å². The minimum absolute atomic E-state index is 0.00739. The van der Waals surface area contributed by atoms with E-state index in [9.17, 15) is 4.79 Å². The topological polar surface area (TPSA) is 126 Å². The normalized spacial score (nSPS) is 10.7. The van der Waals surface area contributed by atoms with E-state index < -0.39 is 5.76 Å². The van der Waals surface area contributed by atoms with Crippen LogP contribution in [0.1, 0.15) is 0 Å². The number of rotatable bonds is 2. The average Bonchev–Trinajstić information content (AvgIpc) is 2.96. The molecule has 0 aliphatic heterocycles. The average molecular weight is 246 g/mol. The van der Waals surface area contributed by atoms with Crippen molar-refractivity contribution in [2.75, 3.05) is 5.73 Å². The van der Waals surface area contributed by atoms with Gasteiger partial charge in [0.05, 0.1) is 0 Å². The highest BCUT2D eigenvalue weighted by atomic mass is 16.6. The maximum atomic E-state index is 11.6. The van der Waals surface area contributed by atoms with Crippen molar-refractivity contribution in [3.05, 3.63) is 34.9 Å². The van der Waals surface area contributed by atoms with Gasteiger partial charge in [-0.2, -0.15) is 0 Å². The van der Waals surface area contributed by atoms with Crippen LogP contribution >= 0.6 is 0 Å². The van der Waals surface area contributed by atoms with E-state index in [0.717, 1.165) is 4.57 Å². The van der Waals surface area contributed by atoms with Crippen molar-refractivity contribution in [2.45, 2.75) is 0 Å². The fourth-order valence-corrected chi connectivity index (χ4v) is 1.44. The molecule has 3 rings (SSSR count). The Morgan fingerprint density at radius 3 is 2.78 bits per heavy atom. The van der Waals surface area contributed by atoms with Gasteiger partial charge in [-0.3, -0.25) is 4.52 Å². The van der Waals surface area contributed by atoms with Crippen molar-refractivity contribution >= 4 is 5.82 Å². The zero-order valence-electron chi connectivity index (χ0n) is 8.85. The second kappa shape index (κ2) is 3.80. The number of nitrogen functional groups attached to an aromatic ring is 1. The molecule has 3 aromatic heterocycles. The summed E-state index contributed by atoms with van der Waals surface area (Å²) in [6.07, 6.45) is 1.53. The third-order valence-electron chi connectivity index (χ3n) is 2.21. The van der Waals surface area contributed by atoms with Crippen LogP contribution in [0.2, 0.25) is 0 Å². The summed E-state index contributed by atoms with van der Waals surface area (Å²) >= 11 is 0. The first-order chi connectivity index (χ1) is 8.77. The van der Waals surface area contributed by atoms with E-state index in [-0.39, 0.29) is 17.3 Å². The lowest BCUT2D eigenvalue weighted by Crippen LogP contribution is -2.14. The van der Waals surface area contributed by atoms with Crippen LogP contribution in [-0.2, 0) is 0 Å². The van der Waals surface area contributed by atoms with Crippen LogP contribution in [0.25, 0.3) is 17.3 Å². The molecule has 0 bridgehead atoms. The van der Waals surface area contributed by atoms with E-state index in [1.165, 1.54) is 6.20 Å². The lowest BCUT2D eigenvalue weighted by Gasteiger charge is -1.99. The van der Waals surface area contributed by atoms with Crippen molar-refractivity contribution in [3.63, 3.8) is 0 Å². The minimum Gasteiger partial charge on any atom is -0.379 e. The Bertz CT molecular complexity index is 728. The van der Waals surface area contributed by atoms with E-state index in [2.05, 4.69) is 29.6 Å². The number of hydrogen-bond acceptors (Lipinski definition) is 8. The van der Waals surface area contributed by atoms with Gasteiger partial charge in [0.15, 0.2) is 11.5 Å². The van der Waals surface area contributed by atoms with Crippen molar-refractivity contribution in [3.8, 4) is 17.3 Å². The lowest BCUT2D eigenvalue weighted by molar-refractivity contribution is 0.310. The summed E-state index contributed by atoms with van der Waals surface area (Å²) in [5.74, 6) is -0.280. The van der Waals surface area contributed by atoms with Gasteiger partial charge in [-0.15, -0.1) is 0 Å². The summed E-state index contributed by atoms with van der Waals surface area (Å²) in [5.41, 5.74) is 5.66. The Labute approximate surface area is 98.8 Å². The van der Waals surface area contributed by atoms with Crippen LogP contribution < -0.4 is 11.5 Å². The third kappa shape index (κ3) is 1.45. The van der Waals surface area contributed by atoms with E-state index in [0.29, 0.717) is 5.82 Å². The van der Waals surface area contributed by atoms with Gasteiger partial charge in [0, 0.05) is 6.20 Å². The summed E-state index contributed by atoms with van der Waals surface area (Å²) in [5, 5.41) is 10.6. The van der Waals surface area contributed by atoms with E-state index >= 15 is 0 Å². The summed E-state index contributed by atoms with van der Waals surface area (Å²) in [7, 11) is 0. The van der Waals surface area contributed by atoms with Gasteiger partial charge in [-0.25, -0.2) is 19.0 Å². The van der Waals surface area contributed by atoms with Crippen molar-refractivity contribution in [1.29, 1.82) is 0 Å². The number of aromatic nitrogens is 5. The second-order valence-corrected chi connectivity index (χ2v) is 3.29. The van der Waals surface area contributed by atoms with Gasteiger partial charge in [0.2, 0.25) is 5.82 Å².